The Morgan fingerprint density at radius 2 is 1.64 bits per heavy atom. The van der Waals surface area contributed by atoms with Gasteiger partial charge in [0.05, 0.1) is 5.75 Å². The minimum atomic E-state index is -3.26. The Morgan fingerprint density at radius 3 is 2.32 bits per heavy atom. The highest BCUT2D eigenvalue weighted by Crippen LogP contribution is 2.34. The Bertz CT molecular complexity index is 702. The lowest BCUT2D eigenvalue weighted by Gasteiger charge is -2.31. The Labute approximate surface area is 136 Å². The summed E-state index contributed by atoms with van der Waals surface area (Å²) in [5.74, 6) is 0.924. The maximum absolute atomic E-state index is 12.6. The molecular weight excluding hydrogens is 314 g/mol. The van der Waals surface area contributed by atoms with Crippen LogP contribution in [-0.4, -0.2) is 31.6 Å². The minimum absolute atomic E-state index is 0.0833. The van der Waals surface area contributed by atoms with Crippen molar-refractivity contribution in [2.24, 2.45) is 0 Å². The number of sulfonamides is 1. The molecule has 1 saturated heterocycles. The molecule has 0 aliphatic carbocycles. The molecule has 116 valence electrons. The van der Waals surface area contributed by atoms with Crippen molar-refractivity contribution < 1.29 is 8.42 Å². The van der Waals surface area contributed by atoms with E-state index in [-0.39, 0.29) is 11.0 Å². The first-order chi connectivity index (χ1) is 10.6. The molecule has 0 amide bonds. The Balaban J connectivity index is 1.74. The molecule has 3 nitrogen and oxygen atoms in total. The van der Waals surface area contributed by atoms with Crippen LogP contribution in [0, 0.1) is 0 Å². The second kappa shape index (κ2) is 6.86. The van der Waals surface area contributed by atoms with E-state index in [4.69, 9.17) is 0 Å². The average molecular weight is 333 g/mol. The predicted molar refractivity (Wildman–Crippen MR) is 92.3 cm³/mol. The van der Waals surface area contributed by atoms with Crippen LogP contribution in [-0.2, 0) is 15.8 Å². The fourth-order valence-corrected chi connectivity index (χ4v) is 5.62. The van der Waals surface area contributed by atoms with Gasteiger partial charge in [-0.3, -0.25) is 0 Å². The molecule has 2 aromatic carbocycles. The van der Waals surface area contributed by atoms with Crippen molar-refractivity contribution in [3.05, 3.63) is 71.8 Å². The third-order valence-electron chi connectivity index (χ3n) is 3.79. The van der Waals surface area contributed by atoms with Crippen molar-refractivity contribution in [1.82, 2.24) is 4.31 Å². The Hall–Kier alpha value is -1.30. The highest BCUT2D eigenvalue weighted by atomic mass is 32.2. The monoisotopic (exact) mass is 333 g/mol. The average Bonchev–Trinajstić information content (AvgIpc) is 2.56. The van der Waals surface area contributed by atoms with Crippen LogP contribution >= 0.6 is 11.8 Å². The molecule has 0 saturated carbocycles. The van der Waals surface area contributed by atoms with E-state index in [2.05, 4.69) is 12.1 Å². The number of nitrogens with zero attached hydrogens (tertiary/aromatic N) is 1. The van der Waals surface area contributed by atoms with Crippen LogP contribution in [0.1, 0.15) is 16.4 Å². The largest absolute Gasteiger partial charge is 0.218 e. The van der Waals surface area contributed by atoms with E-state index in [1.807, 2.05) is 60.3 Å². The zero-order valence-corrected chi connectivity index (χ0v) is 13.9. The van der Waals surface area contributed by atoms with E-state index >= 15 is 0 Å². The van der Waals surface area contributed by atoms with E-state index < -0.39 is 10.0 Å². The Kier molecular flexibility index (Phi) is 4.86. The SMILES string of the molecule is O=S(=O)(Cc1ccccc1)N1CCSC(c2ccccc2)C1. The summed E-state index contributed by atoms with van der Waals surface area (Å²) in [5.41, 5.74) is 2.05. The first-order valence-corrected chi connectivity index (χ1v) is 9.99. The second-order valence-electron chi connectivity index (χ2n) is 5.37. The van der Waals surface area contributed by atoms with Crippen LogP contribution < -0.4 is 0 Å². The minimum Gasteiger partial charge on any atom is -0.212 e. The highest BCUT2D eigenvalue weighted by molar-refractivity contribution is 7.99. The molecule has 1 heterocycles. The summed E-state index contributed by atoms with van der Waals surface area (Å²) in [6.45, 7) is 1.16. The summed E-state index contributed by atoms with van der Waals surface area (Å²) in [4.78, 5) is 0. The van der Waals surface area contributed by atoms with Gasteiger partial charge in [-0.05, 0) is 11.1 Å². The van der Waals surface area contributed by atoms with Gasteiger partial charge in [-0.2, -0.15) is 16.1 Å². The molecule has 1 fully saturated rings. The highest BCUT2D eigenvalue weighted by Gasteiger charge is 2.29. The third-order valence-corrected chi connectivity index (χ3v) is 6.84. The molecule has 22 heavy (non-hydrogen) atoms. The first kappa shape index (κ1) is 15.6. The molecule has 1 unspecified atom stereocenters. The zero-order valence-electron chi connectivity index (χ0n) is 12.3. The predicted octanol–water partition coefficient (Wildman–Crippen LogP) is 3.31. The second-order valence-corrected chi connectivity index (χ2v) is 8.65. The van der Waals surface area contributed by atoms with Gasteiger partial charge in [0.1, 0.15) is 0 Å². The number of hydrogen-bond donors (Lipinski definition) is 0. The fourth-order valence-electron chi connectivity index (χ4n) is 2.62. The maximum atomic E-state index is 12.6. The zero-order chi connectivity index (χ0) is 15.4. The van der Waals surface area contributed by atoms with E-state index in [0.29, 0.717) is 13.1 Å². The topological polar surface area (TPSA) is 37.4 Å². The van der Waals surface area contributed by atoms with Crippen LogP contribution in [0.5, 0.6) is 0 Å². The number of rotatable bonds is 4. The van der Waals surface area contributed by atoms with Crippen LogP contribution in [0.3, 0.4) is 0 Å². The normalized spacial score (nSPS) is 19.9. The van der Waals surface area contributed by atoms with Crippen LogP contribution in [0.2, 0.25) is 0 Å². The van der Waals surface area contributed by atoms with Gasteiger partial charge in [0.2, 0.25) is 10.0 Å². The van der Waals surface area contributed by atoms with Gasteiger partial charge in [-0.1, -0.05) is 60.7 Å². The molecule has 1 atom stereocenters. The van der Waals surface area contributed by atoms with Crippen molar-refractivity contribution in [3.8, 4) is 0 Å². The number of hydrogen-bond acceptors (Lipinski definition) is 3. The van der Waals surface area contributed by atoms with Crippen molar-refractivity contribution in [2.75, 3.05) is 18.8 Å². The van der Waals surface area contributed by atoms with E-state index in [9.17, 15) is 8.42 Å². The van der Waals surface area contributed by atoms with Crippen molar-refractivity contribution in [2.45, 2.75) is 11.0 Å². The molecule has 3 rings (SSSR count). The van der Waals surface area contributed by atoms with E-state index in [0.717, 1.165) is 11.3 Å². The third kappa shape index (κ3) is 3.72. The van der Waals surface area contributed by atoms with Gasteiger partial charge in [-0.15, -0.1) is 0 Å². The van der Waals surface area contributed by atoms with E-state index in [1.54, 1.807) is 4.31 Å². The molecule has 0 bridgehead atoms. The molecule has 2 aromatic rings. The fraction of sp³-hybridized carbons (Fsp3) is 0.294. The molecule has 0 spiro atoms. The lowest BCUT2D eigenvalue weighted by Crippen LogP contribution is -2.39. The van der Waals surface area contributed by atoms with Crippen molar-refractivity contribution in [1.29, 1.82) is 0 Å². The maximum Gasteiger partial charge on any atom is 0.218 e. The Morgan fingerprint density at radius 1 is 1.00 bits per heavy atom. The van der Waals surface area contributed by atoms with Gasteiger partial charge in [0, 0.05) is 24.1 Å². The number of thioether (sulfide) groups is 1. The van der Waals surface area contributed by atoms with Gasteiger partial charge < -0.3 is 0 Å². The summed E-state index contributed by atoms with van der Waals surface area (Å²) in [6, 6.07) is 19.5. The standard InChI is InChI=1S/C17H19NO2S2/c19-22(20,14-15-7-3-1-4-8-15)18-11-12-21-17(13-18)16-9-5-2-6-10-16/h1-10,17H,11-14H2. The van der Waals surface area contributed by atoms with Crippen molar-refractivity contribution in [3.63, 3.8) is 0 Å². The summed E-state index contributed by atoms with van der Waals surface area (Å²) >= 11 is 1.84. The van der Waals surface area contributed by atoms with Gasteiger partial charge in [-0.25, -0.2) is 8.42 Å². The number of benzene rings is 2. The molecule has 5 heteroatoms. The summed E-state index contributed by atoms with van der Waals surface area (Å²) in [6.07, 6.45) is 0. The molecular formula is C17H19NO2S2. The lowest BCUT2D eigenvalue weighted by atomic mass is 10.1. The summed E-state index contributed by atoms with van der Waals surface area (Å²) in [7, 11) is -3.26. The van der Waals surface area contributed by atoms with Crippen LogP contribution in [0.4, 0.5) is 0 Å². The van der Waals surface area contributed by atoms with E-state index in [1.165, 1.54) is 5.56 Å². The van der Waals surface area contributed by atoms with Gasteiger partial charge in [0.25, 0.3) is 0 Å². The molecule has 0 radical (unpaired) electrons. The van der Waals surface area contributed by atoms with Gasteiger partial charge in [0.15, 0.2) is 0 Å². The van der Waals surface area contributed by atoms with Crippen LogP contribution in [0.15, 0.2) is 60.7 Å². The molecule has 1 aliphatic heterocycles. The van der Waals surface area contributed by atoms with Gasteiger partial charge >= 0.3 is 0 Å². The first-order valence-electron chi connectivity index (χ1n) is 7.33. The molecule has 0 N–H and O–H groups in total. The molecule has 1 aliphatic rings. The van der Waals surface area contributed by atoms with Crippen LogP contribution in [0.25, 0.3) is 0 Å². The lowest BCUT2D eigenvalue weighted by molar-refractivity contribution is 0.420. The van der Waals surface area contributed by atoms with Crippen molar-refractivity contribution >= 4 is 21.8 Å². The quantitative estimate of drug-likeness (QED) is 0.861. The molecule has 0 aromatic heterocycles. The summed E-state index contributed by atoms with van der Waals surface area (Å²) < 4.78 is 26.9. The smallest absolute Gasteiger partial charge is 0.212 e. The summed E-state index contributed by atoms with van der Waals surface area (Å²) in [5, 5.41) is 0.223.